The molecule has 2 aliphatic rings. The van der Waals surface area contributed by atoms with Gasteiger partial charge >= 0.3 is 5.97 Å². The van der Waals surface area contributed by atoms with E-state index < -0.39 is 5.97 Å². The molecular formula is C14H17N3O3. The Morgan fingerprint density at radius 1 is 1.35 bits per heavy atom. The van der Waals surface area contributed by atoms with Gasteiger partial charge in [-0.05, 0) is 43.8 Å². The first kappa shape index (κ1) is 13.1. The molecule has 1 saturated heterocycles. The molecule has 1 atom stereocenters. The number of carbonyl (C=O) groups is 2. The van der Waals surface area contributed by atoms with Gasteiger partial charge in [-0.2, -0.15) is 0 Å². The number of pyridine rings is 1. The van der Waals surface area contributed by atoms with Crippen molar-refractivity contribution in [3.8, 4) is 0 Å². The molecule has 0 aromatic carbocycles. The summed E-state index contributed by atoms with van der Waals surface area (Å²) in [5.41, 5.74) is 0.703. The van der Waals surface area contributed by atoms with Crippen LogP contribution in [0.15, 0.2) is 18.5 Å². The van der Waals surface area contributed by atoms with Gasteiger partial charge in [-0.1, -0.05) is 0 Å². The smallest absolute Gasteiger partial charge is 0.337 e. The Hall–Kier alpha value is -1.95. The van der Waals surface area contributed by atoms with Gasteiger partial charge in [0, 0.05) is 12.1 Å². The van der Waals surface area contributed by atoms with Gasteiger partial charge < -0.3 is 15.7 Å². The van der Waals surface area contributed by atoms with Crippen molar-refractivity contribution in [1.82, 2.24) is 10.3 Å². The SMILES string of the molecule is O=C(O)c1cncc(NC(=O)C2CC23CCNCC3)c1. The summed E-state index contributed by atoms with van der Waals surface area (Å²) in [4.78, 5) is 26.9. The van der Waals surface area contributed by atoms with Crippen LogP contribution in [0.25, 0.3) is 0 Å². The third-order valence-electron chi connectivity index (χ3n) is 4.36. The number of aromatic carboxylic acids is 1. The van der Waals surface area contributed by atoms with Crippen molar-refractivity contribution in [1.29, 1.82) is 0 Å². The molecule has 6 heteroatoms. The lowest BCUT2D eigenvalue weighted by Gasteiger charge is -2.23. The normalized spacial score (nSPS) is 23.3. The van der Waals surface area contributed by atoms with Crippen LogP contribution in [0.5, 0.6) is 0 Å². The second kappa shape index (κ2) is 4.86. The maximum Gasteiger partial charge on any atom is 0.337 e. The number of carboxylic acid groups (broad SMARTS) is 1. The molecule has 2 heterocycles. The molecule has 1 saturated carbocycles. The number of hydrogen-bond donors (Lipinski definition) is 3. The van der Waals surface area contributed by atoms with Crippen LogP contribution < -0.4 is 10.6 Å². The second-order valence-electron chi connectivity index (χ2n) is 5.63. The van der Waals surface area contributed by atoms with Crippen molar-refractivity contribution in [2.24, 2.45) is 11.3 Å². The van der Waals surface area contributed by atoms with Gasteiger partial charge in [-0.25, -0.2) is 4.79 Å². The molecular weight excluding hydrogens is 258 g/mol. The van der Waals surface area contributed by atoms with Crippen molar-refractivity contribution in [2.75, 3.05) is 18.4 Å². The summed E-state index contributed by atoms with van der Waals surface area (Å²) in [5.74, 6) is -1.01. The zero-order valence-electron chi connectivity index (χ0n) is 11.1. The number of rotatable bonds is 3. The Balaban J connectivity index is 1.65. The van der Waals surface area contributed by atoms with Crippen LogP contribution >= 0.6 is 0 Å². The molecule has 3 rings (SSSR count). The van der Waals surface area contributed by atoms with Crippen molar-refractivity contribution < 1.29 is 14.7 Å². The van der Waals surface area contributed by atoms with E-state index in [4.69, 9.17) is 5.11 Å². The summed E-state index contributed by atoms with van der Waals surface area (Å²) in [7, 11) is 0. The average molecular weight is 275 g/mol. The van der Waals surface area contributed by atoms with Crippen LogP contribution in [0.2, 0.25) is 0 Å². The number of carbonyl (C=O) groups excluding carboxylic acids is 1. The minimum absolute atomic E-state index is 0.0174. The van der Waals surface area contributed by atoms with Gasteiger partial charge in [0.1, 0.15) is 0 Å². The van der Waals surface area contributed by atoms with Crippen LogP contribution in [-0.2, 0) is 4.79 Å². The van der Waals surface area contributed by atoms with Crippen molar-refractivity contribution in [2.45, 2.75) is 19.3 Å². The standard InChI is InChI=1S/C14H17N3O3/c18-12(11-6-14(11)1-3-15-4-2-14)17-10-5-9(13(19)20)7-16-8-10/h5,7-8,11,15H,1-4,6H2,(H,17,18)(H,19,20). The summed E-state index contributed by atoms with van der Waals surface area (Å²) < 4.78 is 0. The highest BCUT2D eigenvalue weighted by Crippen LogP contribution is 2.58. The van der Waals surface area contributed by atoms with Crippen LogP contribution in [0.4, 0.5) is 5.69 Å². The summed E-state index contributed by atoms with van der Waals surface area (Å²) in [5, 5.41) is 15.0. The molecule has 0 radical (unpaired) electrons. The number of anilines is 1. The fourth-order valence-corrected chi connectivity index (χ4v) is 3.05. The van der Waals surface area contributed by atoms with E-state index in [2.05, 4.69) is 15.6 Å². The minimum atomic E-state index is -1.05. The Morgan fingerprint density at radius 2 is 2.10 bits per heavy atom. The molecule has 1 aromatic rings. The molecule has 1 aliphatic heterocycles. The van der Waals surface area contributed by atoms with E-state index in [1.165, 1.54) is 18.5 Å². The number of aromatic nitrogens is 1. The second-order valence-corrected chi connectivity index (χ2v) is 5.63. The fraction of sp³-hybridized carbons (Fsp3) is 0.500. The molecule has 1 unspecified atom stereocenters. The number of nitrogens with zero attached hydrogens (tertiary/aromatic N) is 1. The quantitative estimate of drug-likeness (QED) is 0.768. The van der Waals surface area contributed by atoms with E-state index in [1.54, 1.807) is 0 Å². The van der Waals surface area contributed by atoms with E-state index in [0.717, 1.165) is 32.4 Å². The van der Waals surface area contributed by atoms with Gasteiger partial charge in [0.25, 0.3) is 0 Å². The number of amides is 1. The van der Waals surface area contributed by atoms with Gasteiger partial charge in [-0.3, -0.25) is 9.78 Å². The molecule has 1 aromatic heterocycles. The monoisotopic (exact) mass is 275 g/mol. The third-order valence-corrected chi connectivity index (χ3v) is 4.36. The molecule has 20 heavy (non-hydrogen) atoms. The molecule has 1 aliphatic carbocycles. The van der Waals surface area contributed by atoms with E-state index in [1.807, 2.05) is 0 Å². The van der Waals surface area contributed by atoms with E-state index in [-0.39, 0.29) is 22.8 Å². The van der Waals surface area contributed by atoms with Crippen LogP contribution in [0, 0.1) is 11.3 Å². The predicted octanol–water partition coefficient (Wildman–Crippen LogP) is 1.11. The van der Waals surface area contributed by atoms with Crippen LogP contribution in [0.3, 0.4) is 0 Å². The maximum absolute atomic E-state index is 12.2. The van der Waals surface area contributed by atoms with Gasteiger partial charge in [0.2, 0.25) is 5.91 Å². The summed E-state index contributed by atoms with van der Waals surface area (Å²) in [6, 6.07) is 1.44. The maximum atomic E-state index is 12.2. The zero-order valence-corrected chi connectivity index (χ0v) is 11.1. The first-order valence-corrected chi connectivity index (χ1v) is 6.81. The topological polar surface area (TPSA) is 91.3 Å². The highest BCUT2D eigenvalue weighted by atomic mass is 16.4. The van der Waals surface area contributed by atoms with Crippen molar-refractivity contribution in [3.05, 3.63) is 24.0 Å². The first-order valence-electron chi connectivity index (χ1n) is 6.81. The fourth-order valence-electron chi connectivity index (χ4n) is 3.05. The van der Waals surface area contributed by atoms with Gasteiger partial charge in [0.15, 0.2) is 0 Å². The highest BCUT2D eigenvalue weighted by Gasteiger charge is 2.57. The number of carboxylic acids is 1. The Labute approximate surface area is 116 Å². The van der Waals surface area contributed by atoms with E-state index in [9.17, 15) is 9.59 Å². The third kappa shape index (κ3) is 2.38. The van der Waals surface area contributed by atoms with E-state index in [0.29, 0.717) is 5.69 Å². The average Bonchev–Trinajstić information content (AvgIpc) is 3.13. The van der Waals surface area contributed by atoms with Gasteiger partial charge in [-0.15, -0.1) is 0 Å². The molecule has 6 nitrogen and oxygen atoms in total. The van der Waals surface area contributed by atoms with Crippen LogP contribution in [0.1, 0.15) is 29.6 Å². The molecule has 1 spiro atoms. The lowest BCUT2D eigenvalue weighted by molar-refractivity contribution is -0.118. The molecule has 106 valence electrons. The molecule has 3 N–H and O–H groups in total. The number of piperidine rings is 1. The predicted molar refractivity (Wildman–Crippen MR) is 72.5 cm³/mol. The first-order chi connectivity index (χ1) is 9.61. The van der Waals surface area contributed by atoms with Crippen molar-refractivity contribution >= 4 is 17.6 Å². The molecule has 0 bridgehead atoms. The largest absolute Gasteiger partial charge is 0.478 e. The zero-order chi connectivity index (χ0) is 14.2. The lowest BCUT2D eigenvalue weighted by Crippen LogP contribution is -2.31. The van der Waals surface area contributed by atoms with Crippen LogP contribution in [-0.4, -0.2) is 35.1 Å². The lowest BCUT2D eigenvalue weighted by atomic mass is 9.92. The summed E-state index contributed by atoms with van der Waals surface area (Å²) in [6.07, 6.45) is 5.76. The minimum Gasteiger partial charge on any atom is -0.478 e. The number of hydrogen-bond acceptors (Lipinski definition) is 4. The van der Waals surface area contributed by atoms with E-state index >= 15 is 0 Å². The molecule has 2 fully saturated rings. The van der Waals surface area contributed by atoms with Crippen molar-refractivity contribution in [3.63, 3.8) is 0 Å². The Kier molecular flexibility index (Phi) is 3.17. The summed E-state index contributed by atoms with van der Waals surface area (Å²) in [6.45, 7) is 1.94. The Morgan fingerprint density at radius 3 is 2.80 bits per heavy atom. The molecule has 1 amide bonds. The Bertz CT molecular complexity index is 552. The summed E-state index contributed by atoms with van der Waals surface area (Å²) >= 11 is 0. The van der Waals surface area contributed by atoms with Gasteiger partial charge in [0.05, 0.1) is 17.4 Å². The highest BCUT2D eigenvalue weighted by molar-refractivity contribution is 5.96. The number of nitrogens with one attached hydrogen (secondary N) is 2.